The third-order valence-corrected chi connectivity index (χ3v) is 3.41. The summed E-state index contributed by atoms with van der Waals surface area (Å²) < 4.78 is 0. The summed E-state index contributed by atoms with van der Waals surface area (Å²) in [7, 11) is 0. The number of nitrogens with one attached hydrogen (secondary N) is 1. The highest BCUT2D eigenvalue weighted by atomic mass is 35.5. The molecular formula is C12H13Cl2N3. The van der Waals surface area contributed by atoms with Crippen molar-refractivity contribution < 1.29 is 0 Å². The number of aryl methyl sites for hydroxylation is 1. The number of halogens is 2. The summed E-state index contributed by atoms with van der Waals surface area (Å²) in [6.07, 6.45) is 1.95. The molecule has 0 saturated carbocycles. The smallest absolute Gasteiger partial charge is 0.143 e. The fourth-order valence-electron chi connectivity index (χ4n) is 1.81. The standard InChI is InChI=1S/C12H13Cl2N3/c1-2-3-8-6-7-4-5-9(13)10(14)11(7)16-12(8)17-15/h4-6H,2-3,15H2,1H3,(H,16,17). The van der Waals surface area contributed by atoms with Crippen molar-refractivity contribution in [1.82, 2.24) is 4.98 Å². The molecule has 2 rings (SSSR count). The molecule has 0 fully saturated rings. The number of pyridine rings is 1. The Labute approximate surface area is 110 Å². The molecule has 0 radical (unpaired) electrons. The highest BCUT2D eigenvalue weighted by Gasteiger charge is 2.10. The van der Waals surface area contributed by atoms with Gasteiger partial charge in [-0.25, -0.2) is 10.8 Å². The number of nitrogens with two attached hydrogens (primary N) is 1. The van der Waals surface area contributed by atoms with Gasteiger partial charge in [-0.2, -0.15) is 0 Å². The molecular weight excluding hydrogens is 257 g/mol. The number of benzene rings is 1. The number of nitrogens with zero attached hydrogens (tertiary/aromatic N) is 1. The molecule has 0 aliphatic heterocycles. The van der Waals surface area contributed by atoms with E-state index in [-0.39, 0.29) is 0 Å². The molecule has 0 spiro atoms. The molecule has 1 aromatic carbocycles. The van der Waals surface area contributed by atoms with Gasteiger partial charge in [-0.15, -0.1) is 0 Å². The van der Waals surface area contributed by atoms with Gasteiger partial charge in [-0.3, -0.25) is 0 Å². The zero-order chi connectivity index (χ0) is 12.4. The number of hydrogen-bond acceptors (Lipinski definition) is 3. The van der Waals surface area contributed by atoms with Crippen molar-refractivity contribution in [2.45, 2.75) is 19.8 Å². The van der Waals surface area contributed by atoms with Gasteiger partial charge in [0.25, 0.3) is 0 Å². The van der Waals surface area contributed by atoms with Crippen LogP contribution in [0.15, 0.2) is 18.2 Å². The number of rotatable bonds is 3. The van der Waals surface area contributed by atoms with E-state index >= 15 is 0 Å². The number of aromatic nitrogens is 1. The van der Waals surface area contributed by atoms with Crippen LogP contribution in [-0.2, 0) is 6.42 Å². The quantitative estimate of drug-likeness (QED) is 0.659. The predicted octanol–water partition coefficient (Wildman–Crippen LogP) is 3.78. The summed E-state index contributed by atoms with van der Waals surface area (Å²) in [5.74, 6) is 6.13. The first-order chi connectivity index (χ1) is 8.17. The van der Waals surface area contributed by atoms with Gasteiger partial charge in [0, 0.05) is 5.39 Å². The van der Waals surface area contributed by atoms with Crippen LogP contribution >= 0.6 is 23.2 Å². The van der Waals surface area contributed by atoms with E-state index in [1.165, 1.54) is 0 Å². The van der Waals surface area contributed by atoms with Gasteiger partial charge in [-0.05, 0) is 24.1 Å². The van der Waals surface area contributed by atoms with E-state index in [1.807, 2.05) is 12.1 Å². The lowest BCUT2D eigenvalue weighted by atomic mass is 10.1. The van der Waals surface area contributed by atoms with Crippen LogP contribution in [0.1, 0.15) is 18.9 Å². The van der Waals surface area contributed by atoms with Crippen LogP contribution in [0.2, 0.25) is 10.0 Å². The average molecular weight is 270 g/mol. The molecule has 90 valence electrons. The Morgan fingerprint density at radius 2 is 2.12 bits per heavy atom. The van der Waals surface area contributed by atoms with Crippen molar-refractivity contribution in [3.63, 3.8) is 0 Å². The third-order valence-electron chi connectivity index (χ3n) is 2.61. The van der Waals surface area contributed by atoms with Gasteiger partial charge < -0.3 is 5.43 Å². The highest BCUT2D eigenvalue weighted by Crippen LogP contribution is 2.31. The molecule has 0 aliphatic carbocycles. The van der Waals surface area contributed by atoms with Crippen molar-refractivity contribution in [3.8, 4) is 0 Å². The fraction of sp³-hybridized carbons (Fsp3) is 0.250. The number of hydrogen-bond donors (Lipinski definition) is 2. The minimum absolute atomic E-state index is 0.462. The third kappa shape index (κ3) is 2.32. The molecule has 1 heterocycles. The Bertz CT molecular complexity index is 555. The summed E-state index contributed by atoms with van der Waals surface area (Å²) in [4.78, 5) is 4.42. The summed E-state index contributed by atoms with van der Waals surface area (Å²) in [6, 6.07) is 5.73. The normalized spacial score (nSPS) is 10.8. The lowest BCUT2D eigenvalue weighted by Gasteiger charge is -2.10. The Kier molecular flexibility index (Phi) is 3.72. The fourth-order valence-corrected chi connectivity index (χ4v) is 2.18. The van der Waals surface area contributed by atoms with Gasteiger partial charge in [0.1, 0.15) is 5.82 Å². The molecule has 5 heteroatoms. The SMILES string of the molecule is CCCc1cc2ccc(Cl)c(Cl)c2nc1NN. The Hall–Kier alpha value is -1.03. The second kappa shape index (κ2) is 5.08. The van der Waals surface area contributed by atoms with Crippen LogP contribution < -0.4 is 11.3 Å². The van der Waals surface area contributed by atoms with Gasteiger partial charge in [-0.1, -0.05) is 42.6 Å². The average Bonchev–Trinajstić information content (AvgIpc) is 2.34. The molecule has 2 aromatic rings. The molecule has 0 aliphatic rings. The highest BCUT2D eigenvalue weighted by molar-refractivity contribution is 6.45. The molecule has 0 unspecified atom stereocenters. The zero-order valence-electron chi connectivity index (χ0n) is 9.43. The predicted molar refractivity (Wildman–Crippen MR) is 73.6 cm³/mol. The molecule has 0 saturated heterocycles. The summed E-state index contributed by atoms with van der Waals surface area (Å²) in [5, 5.41) is 1.93. The molecule has 0 bridgehead atoms. The second-order valence-electron chi connectivity index (χ2n) is 3.82. The monoisotopic (exact) mass is 269 g/mol. The maximum Gasteiger partial charge on any atom is 0.143 e. The van der Waals surface area contributed by atoms with Crippen molar-refractivity contribution in [2.24, 2.45) is 5.84 Å². The van der Waals surface area contributed by atoms with E-state index in [9.17, 15) is 0 Å². The molecule has 3 nitrogen and oxygen atoms in total. The summed E-state index contributed by atoms with van der Waals surface area (Å²) in [6.45, 7) is 2.11. The van der Waals surface area contributed by atoms with Crippen LogP contribution in [0.5, 0.6) is 0 Å². The van der Waals surface area contributed by atoms with E-state index in [2.05, 4.69) is 17.3 Å². The van der Waals surface area contributed by atoms with E-state index in [4.69, 9.17) is 29.0 Å². The molecule has 1 aromatic heterocycles. The Morgan fingerprint density at radius 3 is 2.76 bits per heavy atom. The van der Waals surface area contributed by atoms with E-state index < -0.39 is 0 Å². The lowest BCUT2D eigenvalue weighted by Crippen LogP contribution is -2.11. The Balaban J connectivity index is 2.69. The molecule has 0 amide bonds. The van der Waals surface area contributed by atoms with Gasteiger partial charge in [0.2, 0.25) is 0 Å². The van der Waals surface area contributed by atoms with Crippen molar-refractivity contribution in [2.75, 3.05) is 5.43 Å². The number of anilines is 1. The van der Waals surface area contributed by atoms with Gasteiger partial charge >= 0.3 is 0 Å². The first-order valence-corrected chi connectivity index (χ1v) is 6.17. The summed E-state index contributed by atoms with van der Waals surface area (Å²) in [5.41, 5.74) is 4.36. The lowest BCUT2D eigenvalue weighted by molar-refractivity contribution is 0.917. The van der Waals surface area contributed by atoms with Crippen molar-refractivity contribution >= 4 is 39.9 Å². The molecule has 17 heavy (non-hydrogen) atoms. The molecule has 0 atom stereocenters. The van der Waals surface area contributed by atoms with Crippen LogP contribution in [0.3, 0.4) is 0 Å². The van der Waals surface area contributed by atoms with Gasteiger partial charge in [0.15, 0.2) is 0 Å². The van der Waals surface area contributed by atoms with Crippen LogP contribution in [0.4, 0.5) is 5.82 Å². The van der Waals surface area contributed by atoms with Crippen molar-refractivity contribution in [3.05, 3.63) is 33.8 Å². The van der Waals surface area contributed by atoms with Crippen molar-refractivity contribution in [1.29, 1.82) is 0 Å². The van der Waals surface area contributed by atoms with Crippen LogP contribution in [0, 0.1) is 0 Å². The summed E-state index contributed by atoms with van der Waals surface area (Å²) >= 11 is 12.1. The largest absolute Gasteiger partial charge is 0.308 e. The van der Waals surface area contributed by atoms with Crippen LogP contribution in [0.25, 0.3) is 10.9 Å². The van der Waals surface area contributed by atoms with Crippen LogP contribution in [-0.4, -0.2) is 4.98 Å². The van der Waals surface area contributed by atoms with E-state index in [1.54, 1.807) is 6.07 Å². The topological polar surface area (TPSA) is 50.9 Å². The first kappa shape index (κ1) is 12.4. The minimum Gasteiger partial charge on any atom is -0.308 e. The number of nitrogen functional groups attached to an aromatic ring is 1. The number of hydrazine groups is 1. The zero-order valence-corrected chi connectivity index (χ0v) is 10.9. The Morgan fingerprint density at radius 1 is 1.35 bits per heavy atom. The maximum atomic E-state index is 6.12. The van der Waals surface area contributed by atoms with Gasteiger partial charge in [0.05, 0.1) is 15.6 Å². The number of fused-ring (bicyclic) bond motifs is 1. The second-order valence-corrected chi connectivity index (χ2v) is 4.61. The maximum absolute atomic E-state index is 6.12. The first-order valence-electron chi connectivity index (χ1n) is 5.41. The minimum atomic E-state index is 0.462. The molecule has 3 N–H and O–H groups in total. The van der Waals surface area contributed by atoms with E-state index in [0.29, 0.717) is 21.4 Å². The van der Waals surface area contributed by atoms with E-state index in [0.717, 1.165) is 23.8 Å².